The van der Waals surface area contributed by atoms with Crippen molar-refractivity contribution in [1.82, 2.24) is 10.6 Å². The molecule has 21 heavy (non-hydrogen) atoms. The molecule has 1 aromatic rings. The summed E-state index contributed by atoms with van der Waals surface area (Å²) in [4.78, 5) is 34.6. The Morgan fingerprint density at radius 3 is 2.38 bits per heavy atom. The lowest BCUT2D eigenvalue weighted by atomic mass is 10.1. The van der Waals surface area contributed by atoms with E-state index in [1.54, 1.807) is 19.1 Å². The number of carbonyl (C=O) groups is 3. The van der Waals surface area contributed by atoms with Crippen molar-refractivity contribution in [3.8, 4) is 0 Å². The van der Waals surface area contributed by atoms with Gasteiger partial charge in [0.1, 0.15) is 0 Å². The van der Waals surface area contributed by atoms with Gasteiger partial charge >= 0.3 is 12.0 Å². The van der Waals surface area contributed by atoms with Crippen molar-refractivity contribution in [2.45, 2.75) is 26.6 Å². The Hall–Kier alpha value is -2.41. The molecule has 0 bridgehead atoms. The maximum Gasteiger partial charge on any atom is 0.338 e. The Morgan fingerprint density at radius 1 is 1.24 bits per heavy atom. The van der Waals surface area contributed by atoms with E-state index in [1.807, 2.05) is 0 Å². The molecule has 114 valence electrons. The van der Waals surface area contributed by atoms with E-state index in [1.165, 1.54) is 19.1 Å². The molecule has 0 aliphatic carbocycles. The molecule has 0 saturated carbocycles. The van der Waals surface area contributed by atoms with E-state index in [4.69, 9.17) is 9.84 Å². The number of hydrogen-bond acceptors (Lipinski definition) is 5. The van der Waals surface area contributed by atoms with E-state index in [0.29, 0.717) is 12.1 Å². The van der Waals surface area contributed by atoms with Crippen molar-refractivity contribution in [2.24, 2.45) is 0 Å². The van der Waals surface area contributed by atoms with Crippen LogP contribution in [0.15, 0.2) is 24.3 Å². The molecule has 0 saturated heterocycles. The predicted octanol–water partition coefficient (Wildman–Crippen LogP) is 0.570. The lowest BCUT2D eigenvalue weighted by Gasteiger charge is -2.13. The predicted molar refractivity (Wildman–Crippen MR) is 74.5 cm³/mol. The fourth-order valence-electron chi connectivity index (χ4n) is 1.45. The summed E-state index contributed by atoms with van der Waals surface area (Å²) >= 11 is 0. The van der Waals surface area contributed by atoms with Gasteiger partial charge < -0.3 is 15.2 Å². The maximum atomic E-state index is 11.8. The quantitative estimate of drug-likeness (QED) is 0.689. The minimum Gasteiger partial charge on any atom is -0.449 e. The highest BCUT2D eigenvalue weighted by atomic mass is 16.5. The SMILES string of the molecule is CCNC(=O)NC(=O)[C@H](C)OC(=O)c1ccc(CO)cc1. The fourth-order valence-corrected chi connectivity index (χ4v) is 1.45. The largest absolute Gasteiger partial charge is 0.449 e. The second-order valence-corrected chi connectivity index (χ2v) is 4.25. The first-order valence-corrected chi connectivity index (χ1v) is 6.47. The van der Waals surface area contributed by atoms with Gasteiger partial charge in [-0.15, -0.1) is 0 Å². The van der Waals surface area contributed by atoms with Crippen molar-refractivity contribution in [3.05, 3.63) is 35.4 Å². The summed E-state index contributed by atoms with van der Waals surface area (Å²) in [6.07, 6.45) is -1.10. The molecule has 0 aliphatic heterocycles. The second kappa shape index (κ2) is 8.01. The molecule has 1 rings (SSSR count). The number of ether oxygens (including phenoxy) is 1. The zero-order valence-corrected chi connectivity index (χ0v) is 11.9. The highest BCUT2D eigenvalue weighted by Crippen LogP contribution is 2.07. The highest BCUT2D eigenvalue weighted by molar-refractivity contribution is 5.98. The van der Waals surface area contributed by atoms with Gasteiger partial charge in [0.25, 0.3) is 5.91 Å². The van der Waals surface area contributed by atoms with Crippen LogP contribution in [0.1, 0.15) is 29.8 Å². The number of carbonyl (C=O) groups excluding carboxylic acids is 3. The highest BCUT2D eigenvalue weighted by Gasteiger charge is 2.20. The third kappa shape index (κ3) is 5.23. The lowest BCUT2D eigenvalue weighted by molar-refractivity contribution is -0.127. The van der Waals surface area contributed by atoms with Crippen molar-refractivity contribution < 1.29 is 24.2 Å². The average molecular weight is 294 g/mol. The molecule has 7 heteroatoms. The number of urea groups is 1. The van der Waals surface area contributed by atoms with Crippen molar-refractivity contribution in [3.63, 3.8) is 0 Å². The normalized spacial score (nSPS) is 11.4. The number of rotatable bonds is 5. The molecule has 3 amide bonds. The van der Waals surface area contributed by atoms with Crippen LogP contribution in [-0.4, -0.2) is 35.7 Å². The van der Waals surface area contributed by atoms with Crippen molar-refractivity contribution in [2.75, 3.05) is 6.54 Å². The summed E-state index contributed by atoms with van der Waals surface area (Å²) in [5.74, 6) is -1.39. The molecule has 0 fully saturated rings. The van der Waals surface area contributed by atoms with Gasteiger partial charge in [0.2, 0.25) is 0 Å². The summed E-state index contributed by atoms with van der Waals surface area (Å²) in [7, 11) is 0. The second-order valence-electron chi connectivity index (χ2n) is 4.25. The minimum absolute atomic E-state index is 0.124. The molecule has 0 aliphatic rings. The van der Waals surface area contributed by atoms with Gasteiger partial charge in [0.15, 0.2) is 6.10 Å². The van der Waals surface area contributed by atoms with Gasteiger partial charge in [0, 0.05) is 6.54 Å². The van der Waals surface area contributed by atoms with Crippen LogP contribution in [0.4, 0.5) is 4.79 Å². The van der Waals surface area contributed by atoms with E-state index in [0.717, 1.165) is 0 Å². The molecule has 1 atom stereocenters. The van der Waals surface area contributed by atoms with Crippen LogP contribution < -0.4 is 10.6 Å². The van der Waals surface area contributed by atoms with Gasteiger partial charge in [-0.25, -0.2) is 9.59 Å². The van der Waals surface area contributed by atoms with E-state index in [9.17, 15) is 14.4 Å². The lowest BCUT2D eigenvalue weighted by Crippen LogP contribution is -2.44. The molecule has 0 aromatic heterocycles. The van der Waals surface area contributed by atoms with E-state index < -0.39 is 24.0 Å². The third-order valence-electron chi connectivity index (χ3n) is 2.60. The molecule has 7 nitrogen and oxygen atoms in total. The van der Waals surface area contributed by atoms with Crippen LogP contribution in [0.2, 0.25) is 0 Å². The van der Waals surface area contributed by atoms with Gasteiger partial charge in [-0.1, -0.05) is 12.1 Å². The summed E-state index contributed by atoms with van der Waals surface area (Å²) in [5, 5.41) is 13.4. The molecule has 0 heterocycles. The number of benzene rings is 1. The van der Waals surface area contributed by atoms with Crippen LogP contribution in [0.3, 0.4) is 0 Å². The molecule has 3 N–H and O–H groups in total. The Kier molecular flexibility index (Phi) is 6.35. The molecule has 0 radical (unpaired) electrons. The number of hydrogen-bond donors (Lipinski definition) is 3. The minimum atomic E-state index is -1.10. The van der Waals surface area contributed by atoms with Crippen LogP contribution in [0.5, 0.6) is 0 Å². The van der Waals surface area contributed by atoms with Gasteiger partial charge in [-0.05, 0) is 31.5 Å². The molecule has 0 unspecified atom stereocenters. The molecule has 0 spiro atoms. The molecular formula is C14H18N2O5. The zero-order chi connectivity index (χ0) is 15.8. The van der Waals surface area contributed by atoms with E-state index in [-0.39, 0.29) is 12.2 Å². The first-order chi connectivity index (χ1) is 9.97. The van der Waals surface area contributed by atoms with Crippen LogP contribution >= 0.6 is 0 Å². The first-order valence-electron chi connectivity index (χ1n) is 6.47. The van der Waals surface area contributed by atoms with Crippen LogP contribution in [-0.2, 0) is 16.1 Å². The third-order valence-corrected chi connectivity index (χ3v) is 2.60. The summed E-state index contributed by atoms with van der Waals surface area (Å²) in [6.45, 7) is 3.34. The van der Waals surface area contributed by atoms with Gasteiger partial charge in [-0.3, -0.25) is 10.1 Å². The van der Waals surface area contributed by atoms with E-state index in [2.05, 4.69) is 10.6 Å². The van der Waals surface area contributed by atoms with E-state index >= 15 is 0 Å². The molecular weight excluding hydrogens is 276 g/mol. The number of nitrogens with one attached hydrogen (secondary N) is 2. The van der Waals surface area contributed by atoms with Crippen molar-refractivity contribution >= 4 is 17.9 Å². The zero-order valence-electron chi connectivity index (χ0n) is 11.9. The number of aliphatic hydroxyl groups is 1. The maximum absolute atomic E-state index is 11.8. The first kappa shape index (κ1) is 16.6. The Balaban J connectivity index is 2.56. The number of esters is 1. The van der Waals surface area contributed by atoms with Gasteiger partial charge in [-0.2, -0.15) is 0 Å². The van der Waals surface area contributed by atoms with Crippen LogP contribution in [0, 0.1) is 0 Å². The topological polar surface area (TPSA) is 105 Å². The smallest absolute Gasteiger partial charge is 0.338 e. The number of imide groups is 1. The Morgan fingerprint density at radius 2 is 1.86 bits per heavy atom. The Labute approximate surface area is 122 Å². The Bertz CT molecular complexity index is 513. The number of amides is 3. The van der Waals surface area contributed by atoms with Gasteiger partial charge in [0.05, 0.1) is 12.2 Å². The summed E-state index contributed by atoms with van der Waals surface area (Å²) < 4.78 is 4.96. The monoisotopic (exact) mass is 294 g/mol. The van der Waals surface area contributed by atoms with Crippen LogP contribution in [0.25, 0.3) is 0 Å². The fraction of sp³-hybridized carbons (Fsp3) is 0.357. The average Bonchev–Trinajstić information content (AvgIpc) is 2.47. The summed E-state index contributed by atoms with van der Waals surface area (Å²) in [5.41, 5.74) is 0.915. The number of aliphatic hydroxyl groups excluding tert-OH is 1. The summed E-state index contributed by atoms with van der Waals surface area (Å²) in [6, 6.07) is 5.49. The van der Waals surface area contributed by atoms with Crippen molar-refractivity contribution in [1.29, 1.82) is 0 Å². The standard InChI is InChI=1S/C14H18N2O5/c1-3-15-14(20)16-12(18)9(2)21-13(19)11-6-4-10(8-17)5-7-11/h4-7,9,17H,3,8H2,1-2H3,(H2,15,16,18,20)/t9-/m0/s1. The molecule has 1 aromatic carbocycles.